The lowest BCUT2D eigenvalue weighted by Crippen LogP contribution is -2.21. The Morgan fingerprint density at radius 3 is 1.48 bits per heavy atom. The molecule has 1 saturated heterocycles. The Labute approximate surface area is 312 Å². The third-order valence-corrected chi connectivity index (χ3v) is 6.94. The van der Waals surface area contributed by atoms with E-state index in [0.717, 1.165) is 24.3 Å². The number of rotatable bonds is 14. The number of esters is 2. The third-order valence-electron chi connectivity index (χ3n) is 6.94. The van der Waals surface area contributed by atoms with Crippen LogP contribution in [0, 0.1) is 0 Å². The van der Waals surface area contributed by atoms with Gasteiger partial charge in [-0.2, -0.15) is 0 Å². The van der Waals surface area contributed by atoms with Crippen molar-refractivity contribution in [2.75, 3.05) is 54.1 Å². The number of halogens is 4. The van der Waals surface area contributed by atoms with Gasteiger partial charge < -0.3 is 38.6 Å². The van der Waals surface area contributed by atoms with Gasteiger partial charge in [-0.05, 0) is 48.2 Å². The summed E-state index contributed by atoms with van der Waals surface area (Å²) in [6.45, 7) is -1.28. The maximum absolute atomic E-state index is 12.7. The minimum atomic E-state index is -1.40. The Hall–Kier alpha value is -5.34. The van der Waals surface area contributed by atoms with Crippen LogP contribution in [0.1, 0.15) is 44.7 Å². The molecule has 14 heteroatoms. The molecule has 0 spiro atoms. The number of hydrogen-bond donors (Lipinski definition) is 2. The topological polar surface area (TPSA) is 130 Å². The molecule has 294 valence electrons. The lowest BCUT2D eigenvalue weighted by Gasteiger charge is -2.15. The first-order chi connectivity index (χ1) is 26.1. The Morgan fingerprint density at radius 1 is 0.648 bits per heavy atom. The number of ether oxygens (including phenoxy) is 6. The quantitative estimate of drug-likeness (QED) is 0.0980. The Balaban J connectivity index is 0.000000295. The lowest BCUT2D eigenvalue weighted by atomic mass is 10.2. The molecule has 1 aliphatic heterocycles. The highest BCUT2D eigenvalue weighted by Gasteiger charge is 2.15. The molecule has 0 aromatic heterocycles. The standard InChI is InChI=1S/C18H18F2O4.C15H14O4.C4H8O.C3H6F2O/c1-22-18(21)14-7-15(23-12-13-5-3-2-4-6-13)9-16(8-14)24-17(10-19)11-20;1-18-15(17)12-7-13(16)9-14(8-12)19-10-11-5-3-2-4-6-11;1-2-4-5-3-1;4-1-3(6)2-5/h2-9,17H,10-12H2,1H3;2-9,16H,10H2,1H3;1-4H2;3,6H,1-2H2. The van der Waals surface area contributed by atoms with Crippen LogP contribution in [0.5, 0.6) is 23.0 Å². The van der Waals surface area contributed by atoms with E-state index in [1.54, 1.807) is 0 Å². The van der Waals surface area contributed by atoms with Crippen LogP contribution in [-0.4, -0.2) is 88.5 Å². The SMILES string of the molecule is C1CCOC1.COC(=O)c1cc(O)cc(OCc2ccccc2)c1.COC(=O)c1cc(OCc2ccccc2)cc(OC(CF)CF)c1.OC(CF)CF. The zero-order chi connectivity index (χ0) is 39.6. The second-order valence-corrected chi connectivity index (χ2v) is 11.3. The number of alkyl halides is 4. The van der Waals surface area contributed by atoms with Gasteiger partial charge >= 0.3 is 11.9 Å². The van der Waals surface area contributed by atoms with Crippen molar-refractivity contribution in [3.05, 3.63) is 119 Å². The molecule has 10 nitrogen and oxygen atoms in total. The first-order valence-electron chi connectivity index (χ1n) is 16.8. The van der Waals surface area contributed by atoms with Gasteiger partial charge in [-0.25, -0.2) is 27.2 Å². The number of hydrogen-bond acceptors (Lipinski definition) is 10. The normalized spacial score (nSPS) is 11.5. The number of methoxy groups -OCH3 is 2. The van der Waals surface area contributed by atoms with Gasteiger partial charge in [0.1, 0.15) is 69.0 Å². The maximum Gasteiger partial charge on any atom is 0.338 e. The number of carbonyl (C=O) groups excluding carboxylic acids is 2. The van der Waals surface area contributed by atoms with Crippen LogP contribution < -0.4 is 14.2 Å². The first kappa shape index (κ1) is 44.8. The zero-order valence-electron chi connectivity index (χ0n) is 30.1. The number of phenols is 1. The third kappa shape index (κ3) is 17.9. The summed E-state index contributed by atoms with van der Waals surface area (Å²) in [7, 11) is 2.53. The van der Waals surface area contributed by atoms with Crippen molar-refractivity contribution in [1.82, 2.24) is 0 Å². The van der Waals surface area contributed by atoms with E-state index in [1.807, 2.05) is 60.7 Å². The summed E-state index contributed by atoms with van der Waals surface area (Å²) in [5, 5.41) is 17.5. The summed E-state index contributed by atoms with van der Waals surface area (Å²) in [4.78, 5) is 23.1. The van der Waals surface area contributed by atoms with Crippen molar-refractivity contribution in [1.29, 1.82) is 0 Å². The van der Waals surface area contributed by atoms with Crippen LogP contribution in [0.25, 0.3) is 0 Å². The van der Waals surface area contributed by atoms with Crippen molar-refractivity contribution in [2.45, 2.75) is 38.3 Å². The first-order valence-corrected chi connectivity index (χ1v) is 16.8. The van der Waals surface area contributed by atoms with E-state index in [2.05, 4.69) is 9.47 Å². The van der Waals surface area contributed by atoms with E-state index in [4.69, 9.17) is 24.1 Å². The second kappa shape index (κ2) is 26.4. The predicted molar refractivity (Wildman–Crippen MR) is 193 cm³/mol. The van der Waals surface area contributed by atoms with Crippen LogP contribution in [-0.2, 0) is 27.4 Å². The van der Waals surface area contributed by atoms with Gasteiger partial charge in [-0.15, -0.1) is 0 Å². The lowest BCUT2D eigenvalue weighted by molar-refractivity contribution is 0.0590. The number of aliphatic hydroxyl groups excluding tert-OH is 1. The second-order valence-electron chi connectivity index (χ2n) is 11.3. The van der Waals surface area contributed by atoms with Crippen LogP contribution in [0.3, 0.4) is 0 Å². The smallest absolute Gasteiger partial charge is 0.338 e. The van der Waals surface area contributed by atoms with Crippen molar-refractivity contribution in [2.24, 2.45) is 0 Å². The van der Waals surface area contributed by atoms with Gasteiger partial charge in [0.2, 0.25) is 0 Å². The molecule has 0 saturated carbocycles. The summed E-state index contributed by atoms with van der Waals surface area (Å²) in [6, 6.07) is 27.7. The molecule has 4 aromatic rings. The molecule has 4 aromatic carbocycles. The minimum absolute atomic E-state index is 0.0361. The molecule has 0 bridgehead atoms. The van der Waals surface area contributed by atoms with Crippen LogP contribution in [0.4, 0.5) is 17.6 Å². The highest BCUT2D eigenvalue weighted by Crippen LogP contribution is 2.26. The monoisotopic (exact) mass is 762 g/mol. The molecule has 0 atom stereocenters. The highest BCUT2D eigenvalue weighted by molar-refractivity contribution is 5.90. The van der Waals surface area contributed by atoms with Gasteiger partial charge in [-0.3, -0.25) is 0 Å². The summed E-state index contributed by atoms with van der Waals surface area (Å²) in [6.07, 6.45) is -0.0649. The van der Waals surface area contributed by atoms with Crippen LogP contribution in [0.15, 0.2) is 97.1 Å². The Morgan fingerprint density at radius 2 is 1.09 bits per heavy atom. The summed E-state index contributed by atoms with van der Waals surface area (Å²) < 4.78 is 77.7. The van der Waals surface area contributed by atoms with E-state index in [0.29, 0.717) is 18.1 Å². The molecule has 0 radical (unpaired) electrons. The van der Waals surface area contributed by atoms with E-state index >= 15 is 0 Å². The van der Waals surface area contributed by atoms with E-state index in [-0.39, 0.29) is 29.2 Å². The van der Waals surface area contributed by atoms with E-state index in [9.17, 15) is 32.3 Å². The van der Waals surface area contributed by atoms with E-state index < -0.39 is 50.8 Å². The summed E-state index contributed by atoms with van der Waals surface area (Å²) in [5.74, 6) is -0.243. The fourth-order valence-corrected chi connectivity index (χ4v) is 4.19. The largest absolute Gasteiger partial charge is 0.508 e. The molecular formula is C40H46F4O10. The molecule has 1 heterocycles. The van der Waals surface area contributed by atoms with Gasteiger partial charge in [-0.1, -0.05) is 60.7 Å². The van der Waals surface area contributed by atoms with Crippen LogP contribution >= 0.6 is 0 Å². The molecule has 0 unspecified atom stereocenters. The Bertz CT molecular complexity index is 1610. The van der Waals surface area contributed by atoms with Crippen molar-refractivity contribution in [3.63, 3.8) is 0 Å². The fourth-order valence-electron chi connectivity index (χ4n) is 4.19. The predicted octanol–water partition coefficient (Wildman–Crippen LogP) is 7.58. The average Bonchev–Trinajstić information content (AvgIpc) is 3.82. The maximum atomic E-state index is 12.7. The molecule has 1 aliphatic rings. The molecule has 54 heavy (non-hydrogen) atoms. The van der Waals surface area contributed by atoms with E-state index in [1.165, 1.54) is 63.5 Å². The molecule has 0 amide bonds. The molecule has 0 aliphatic carbocycles. The minimum Gasteiger partial charge on any atom is -0.508 e. The summed E-state index contributed by atoms with van der Waals surface area (Å²) >= 11 is 0. The van der Waals surface area contributed by atoms with Crippen molar-refractivity contribution < 1.29 is 65.8 Å². The molecular weight excluding hydrogens is 716 g/mol. The van der Waals surface area contributed by atoms with Crippen molar-refractivity contribution in [3.8, 4) is 23.0 Å². The van der Waals surface area contributed by atoms with Crippen LogP contribution in [0.2, 0.25) is 0 Å². The molecule has 2 N–H and O–H groups in total. The number of aromatic hydroxyl groups is 1. The number of benzene rings is 4. The number of carbonyl (C=O) groups is 2. The number of phenolic OH excluding ortho intramolecular Hbond substituents is 1. The zero-order valence-corrected chi connectivity index (χ0v) is 30.1. The van der Waals surface area contributed by atoms with Gasteiger partial charge in [0.25, 0.3) is 0 Å². The highest BCUT2D eigenvalue weighted by atomic mass is 19.1. The number of aliphatic hydroxyl groups is 1. The molecule has 5 rings (SSSR count). The van der Waals surface area contributed by atoms with Gasteiger partial charge in [0.15, 0.2) is 6.10 Å². The molecule has 1 fully saturated rings. The van der Waals surface area contributed by atoms with Crippen molar-refractivity contribution >= 4 is 11.9 Å². The van der Waals surface area contributed by atoms with Gasteiger partial charge in [0, 0.05) is 25.3 Å². The Kier molecular flexibility index (Phi) is 21.9. The summed E-state index contributed by atoms with van der Waals surface area (Å²) in [5.41, 5.74) is 2.37. The van der Waals surface area contributed by atoms with Gasteiger partial charge in [0.05, 0.1) is 25.3 Å². The fraction of sp³-hybridized carbons (Fsp3) is 0.350. The average molecular weight is 763 g/mol.